The molecule has 1 aromatic carbocycles. The van der Waals surface area contributed by atoms with E-state index in [9.17, 15) is 9.59 Å². The molecule has 1 aromatic heterocycles. The maximum atomic E-state index is 12.0. The van der Waals surface area contributed by atoms with Crippen LogP contribution in [0, 0.1) is 5.92 Å². The molecule has 0 aliphatic heterocycles. The van der Waals surface area contributed by atoms with E-state index in [4.69, 9.17) is 0 Å². The van der Waals surface area contributed by atoms with Crippen molar-refractivity contribution in [3.8, 4) is 0 Å². The van der Waals surface area contributed by atoms with Gasteiger partial charge in [-0.05, 0) is 45.7 Å². The van der Waals surface area contributed by atoms with Crippen LogP contribution < -0.4 is 5.32 Å². The molecule has 0 bridgehead atoms. The lowest BCUT2D eigenvalue weighted by Crippen LogP contribution is -2.30. The van der Waals surface area contributed by atoms with Crippen LogP contribution in [0.15, 0.2) is 24.3 Å². The maximum absolute atomic E-state index is 12.0. The summed E-state index contributed by atoms with van der Waals surface area (Å²) in [6.45, 7) is 5.37. The minimum Gasteiger partial charge on any atom is -0.346 e. The van der Waals surface area contributed by atoms with Crippen LogP contribution in [0.2, 0.25) is 0 Å². The smallest absolute Gasteiger partial charge is 0.223 e. The van der Waals surface area contributed by atoms with Crippen molar-refractivity contribution in [3.05, 3.63) is 30.1 Å². The molecule has 5 nitrogen and oxygen atoms in total. The van der Waals surface area contributed by atoms with Crippen LogP contribution in [0.25, 0.3) is 11.0 Å². The Kier molecular flexibility index (Phi) is 3.72. The first-order valence-electron chi connectivity index (χ1n) is 7.76. The monoisotopic (exact) mass is 299 g/mol. The molecule has 2 unspecified atom stereocenters. The second-order valence-corrected chi connectivity index (χ2v) is 6.12. The molecule has 0 saturated heterocycles. The molecule has 2 aromatic rings. The van der Waals surface area contributed by atoms with Crippen LogP contribution >= 0.6 is 0 Å². The summed E-state index contributed by atoms with van der Waals surface area (Å²) in [6.07, 6.45) is 1.94. The van der Waals surface area contributed by atoms with Crippen molar-refractivity contribution >= 4 is 22.7 Å². The van der Waals surface area contributed by atoms with Crippen LogP contribution in [-0.2, 0) is 9.59 Å². The summed E-state index contributed by atoms with van der Waals surface area (Å²) < 4.78 is 1.94. The molecule has 0 spiro atoms. The summed E-state index contributed by atoms with van der Waals surface area (Å²) in [5, 5.41) is 3.02. The number of hydrogen-bond acceptors (Lipinski definition) is 3. The molecular formula is C17H21N3O2. The number of Topliss-reactive ketones (excluding diaryl/α,β-unsaturated/α-hetero) is 1. The van der Waals surface area contributed by atoms with Gasteiger partial charge in [-0.3, -0.25) is 9.59 Å². The van der Waals surface area contributed by atoms with Gasteiger partial charge in [0.05, 0.1) is 23.1 Å². The quantitative estimate of drug-likeness (QED) is 0.923. The Morgan fingerprint density at radius 2 is 1.95 bits per heavy atom. The zero-order valence-corrected chi connectivity index (χ0v) is 13.2. The highest BCUT2D eigenvalue weighted by Crippen LogP contribution is 2.30. The highest BCUT2D eigenvalue weighted by atomic mass is 16.2. The average molecular weight is 299 g/mol. The van der Waals surface area contributed by atoms with Gasteiger partial charge in [0, 0.05) is 5.92 Å². The van der Waals surface area contributed by atoms with E-state index in [0.29, 0.717) is 0 Å². The average Bonchev–Trinajstić information content (AvgIpc) is 3.26. The number of para-hydroxylation sites is 2. The number of amides is 1. The number of imidazole rings is 1. The lowest BCUT2D eigenvalue weighted by Gasteiger charge is -2.19. The molecule has 22 heavy (non-hydrogen) atoms. The van der Waals surface area contributed by atoms with Crippen LogP contribution in [0.3, 0.4) is 0 Å². The Bertz CT molecular complexity index is 731. The van der Waals surface area contributed by atoms with E-state index in [1.807, 2.05) is 42.7 Å². The number of fused-ring (bicyclic) bond motifs is 1. The van der Waals surface area contributed by atoms with E-state index in [2.05, 4.69) is 10.3 Å². The third-order valence-corrected chi connectivity index (χ3v) is 4.29. The molecule has 0 radical (unpaired) electrons. The van der Waals surface area contributed by atoms with Gasteiger partial charge in [-0.25, -0.2) is 4.98 Å². The summed E-state index contributed by atoms with van der Waals surface area (Å²) in [4.78, 5) is 28.5. The second-order valence-electron chi connectivity index (χ2n) is 6.12. The molecule has 5 heteroatoms. The number of ketones is 1. The van der Waals surface area contributed by atoms with E-state index in [1.165, 1.54) is 0 Å². The van der Waals surface area contributed by atoms with E-state index in [1.54, 1.807) is 6.92 Å². The van der Waals surface area contributed by atoms with Crippen molar-refractivity contribution in [2.45, 2.75) is 45.7 Å². The fraction of sp³-hybridized carbons (Fsp3) is 0.471. The lowest BCUT2D eigenvalue weighted by atomic mass is 10.2. The number of hydrogen-bond donors (Lipinski definition) is 1. The summed E-state index contributed by atoms with van der Waals surface area (Å²) in [5.74, 6) is 1.05. The van der Waals surface area contributed by atoms with Crippen molar-refractivity contribution in [1.82, 2.24) is 14.9 Å². The number of nitrogens with one attached hydrogen (secondary N) is 1. The van der Waals surface area contributed by atoms with Gasteiger partial charge in [-0.15, -0.1) is 0 Å². The van der Waals surface area contributed by atoms with Gasteiger partial charge in [-0.2, -0.15) is 0 Å². The predicted octanol–water partition coefficient (Wildman–Crippen LogP) is 2.77. The van der Waals surface area contributed by atoms with E-state index in [0.717, 1.165) is 29.7 Å². The molecule has 2 atom stereocenters. The number of benzene rings is 1. The second kappa shape index (κ2) is 5.55. The van der Waals surface area contributed by atoms with Gasteiger partial charge in [0.15, 0.2) is 5.78 Å². The first-order chi connectivity index (χ1) is 10.5. The zero-order chi connectivity index (χ0) is 15.9. The SMILES string of the molecule is CC(=O)C(C)n1c(C(C)NC(=O)C2CC2)nc2ccccc21. The molecule has 1 saturated carbocycles. The van der Waals surface area contributed by atoms with Gasteiger partial charge in [-0.1, -0.05) is 12.1 Å². The molecule has 3 rings (SSSR count). The number of aromatic nitrogens is 2. The van der Waals surface area contributed by atoms with Crippen molar-refractivity contribution in [1.29, 1.82) is 0 Å². The minimum atomic E-state index is -0.303. The van der Waals surface area contributed by atoms with Crippen molar-refractivity contribution in [3.63, 3.8) is 0 Å². The lowest BCUT2D eigenvalue weighted by molar-refractivity contribution is -0.123. The first kappa shape index (κ1) is 14.8. The molecular weight excluding hydrogens is 278 g/mol. The summed E-state index contributed by atoms with van der Waals surface area (Å²) in [6, 6.07) is 7.23. The topological polar surface area (TPSA) is 64.0 Å². The van der Waals surface area contributed by atoms with Crippen LogP contribution in [0.4, 0.5) is 0 Å². The Morgan fingerprint density at radius 1 is 1.27 bits per heavy atom. The number of nitrogens with zero attached hydrogens (tertiary/aromatic N) is 2. The van der Waals surface area contributed by atoms with Gasteiger partial charge < -0.3 is 9.88 Å². The Morgan fingerprint density at radius 3 is 2.59 bits per heavy atom. The molecule has 1 aliphatic carbocycles. The fourth-order valence-electron chi connectivity index (χ4n) is 2.70. The molecule has 1 aliphatic rings. The van der Waals surface area contributed by atoms with Gasteiger partial charge in [0.2, 0.25) is 5.91 Å². The third-order valence-electron chi connectivity index (χ3n) is 4.29. The molecule has 116 valence electrons. The van der Waals surface area contributed by atoms with E-state index in [-0.39, 0.29) is 29.7 Å². The Hall–Kier alpha value is -2.17. The van der Waals surface area contributed by atoms with Gasteiger partial charge in [0.1, 0.15) is 5.82 Å². The normalized spacial score (nSPS) is 17.2. The standard InChI is InChI=1S/C17H21N3O2/c1-10(18-17(22)13-8-9-13)16-19-14-6-4-5-7-15(14)20(16)11(2)12(3)21/h4-7,10-11,13H,8-9H2,1-3H3,(H,18,22). The summed E-state index contributed by atoms with van der Waals surface area (Å²) in [7, 11) is 0. The summed E-state index contributed by atoms with van der Waals surface area (Å²) in [5.41, 5.74) is 1.77. The van der Waals surface area contributed by atoms with Crippen LogP contribution in [-0.4, -0.2) is 21.2 Å². The number of carbonyl (C=O) groups excluding carboxylic acids is 2. The maximum Gasteiger partial charge on any atom is 0.223 e. The molecule has 1 amide bonds. The first-order valence-corrected chi connectivity index (χ1v) is 7.76. The van der Waals surface area contributed by atoms with Gasteiger partial charge >= 0.3 is 0 Å². The number of rotatable bonds is 5. The number of carbonyl (C=O) groups is 2. The molecule has 1 fully saturated rings. The largest absolute Gasteiger partial charge is 0.346 e. The highest BCUT2D eigenvalue weighted by Gasteiger charge is 2.31. The van der Waals surface area contributed by atoms with Crippen molar-refractivity contribution in [2.24, 2.45) is 5.92 Å². The molecule has 1 N–H and O–H groups in total. The van der Waals surface area contributed by atoms with Crippen molar-refractivity contribution in [2.75, 3.05) is 0 Å². The zero-order valence-electron chi connectivity index (χ0n) is 13.2. The van der Waals surface area contributed by atoms with E-state index < -0.39 is 0 Å². The molecule has 1 heterocycles. The predicted molar refractivity (Wildman–Crippen MR) is 84.4 cm³/mol. The summed E-state index contributed by atoms with van der Waals surface area (Å²) >= 11 is 0. The highest BCUT2D eigenvalue weighted by molar-refractivity contribution is 5.84. The Balaban J connectivity index is 2.01. The Labute approximate surface area is 129 Å². The van der Waals surface area contributed by atoms with Gasteiger partial charge in [0.25, 0.3) is 0 Å². The fourth-order valence-corrected chi connectivity index (χ4v) is 2.70. The third kappa shape index (κ3) is 2.63. The van der Waals surface area contributed by atoms with Crippen LogP contribution in [0.1, 0.15) is 51.5 Å². The van der Waals surface area contributed by atoms with E-state index >= 15 is 0 Å². The van der Waals surface area contributed by atoms with Crippen LogP contribution in [0.5, 0.6) is 0 Å². The van der Waals surface area contributed by atoms with Crippen molar-refractivity contribution < 1.29 is 9.59 Å². The minimum absolute atomic E-state index is 0.0742.